The van der Waals surface area contributed by atoms with E-state index in [1.807, 2.05) is 74.5 Å². The van der Waals surface area contributed by atoms with Gasteiger partial charge in [-0.3, -0.25) is 28.9 Å². The minimum atomic E-state index is -0.468. The van der Waals surface area contributed by atoms with Gasteiger partial charge in [-0.25, -0.2) is 4.90 Å². The predicted molar refractivity (Wildman–Crippen MR) is 258 cm³/mol. The van der Waals surface area contributed by atoms with Gasteiger partial charge in [0.2, 0.25) is 0 Å². The summed E-state index contributed by atoms with van der Waals surface area (Å²) in [5, 5.41) is 0. The lowest BCUT2D eigenvalue weighted by atomic mass is 9.97. The molecule has 8 aromatic carbocycles. The van der Waals surface area contributed by atoms with Gasteiger partial charge in [-0.2, -0.15) is 0 Å². The van der Waals surface area contributed by atoms with Crippen molar-refractivity contribution in [3.8, 4) is 51.4 Å². The molecule has 0 bridgehead atoms. The van der Waals surface area contributed by atoms with Gasteiger partial charge in [0.1, 0.15) is 40.2 Å². The topological polar surface area (TPSA) is 129 Å². The molecule has 2 aliphatic rings. The van der Waals surface area contributed by atoms with Crippen LogP contribution in [0.3, 0.4) is 0 Å². The van der Waals surface area contributed by atoms with Crippen molar-refractivity contribution in [2.24, 2.45) is 0 Å². The van der Waals surface area contributed by atoms with Crippen molar-refractivity contribution in [1.82, 2.24) is 4.90 Å². The van der Waals surface area contributed by atoms with Gasteiger partial charge in [0.15, 0.2) is 5.78 Å². The number of rotatable bonds is 11. The largest absolute Gasteiger partial charge is 0.497 e. The van der Waals surface area contributed by atoms with Crippen LogP contribution in [0.1, 0.15) is 68.5 Å². The van der Waals surface area contributed by atoms with Crippen molar-refractivity contribution in [1.29, 1.82) is 0 Å². The standard InChI is InChI=1S/C36H24N2O6.C21H18O3/c1-21-6-3-8-25(16-21)43-27-10-5-11-28(20-27)44-26-9-4-7-24(19-26)38-35(41)30-15-13-23(18-32(30)36(38)42)22-12-14-29-31(17-22)34(40)37(2)33(29)39;1-15-3-9-19(10-4-15)24-20-13-7-17(8-14-20)21(22)16-5-11-18(23-2)12-6-16/h3-20H,1-2H3;3-14H,1-2H3. The molecular formula is C57H42N2O9. The summed E-state index contributed by atoms with van der Waals surface area (Å²) in [6.45, 7) is 4.02. The third-order valence-electron chi connectivity index (χ3n) is 11.4. The number of carbonyl (C=O) groups excluding carboxylic acids is 5. The lowest BCUT2D eigenvalue weighted by molar-refractivity contribution is 0.0691. The molecule has 11 heteroatoms. The molecule has 0 saturated carbocycles. The molecular weight excluding hydrogens is 857 g/mol. The van der Waals surface area contributed by atoms with Gasteiger partial charge in [-0.15, -0.1) is 0 Å². The van der Waals surface area contributed by atoms with E-state index in [1.165, 1.54) is 12.6 Å². The van der Waals surface area contributed by atoms with Crippen LogP contribution in [0.5, 0.6) is 40.2 Å². The fourth-order valence-corrected chi connectivity index (χ4v) is 7.76. The molecule has 11 nitrogen and oxygen atoms in total. The molecule has 0 aromatic heterocycles. The zero-order chi connectivity index (χ0) is 47.5. The molecule has 0 saturated heterocycles. The van der Waals surface area contributed by atoms with Gasteiger partial charge in [0, 0.05) is 30.3 Å². The van der Waals surface area contributed by atoms with E-state index in [0.717, 1.165) is 26.9 Å². The first-order valence-corrected chi connectivity index (χ1v) is 21.6. The smallest absolute Gasteiger partial charge is 0.266 e. The number of hydrogen-bond donors (Lipinski definition) is 0. The van der Waals surface area contributed by atoms with Gasteiger partial charge in [0.05, 0.1) is 35.1 Å². The van der Waals surface area contributed by atoms with Crippen LogP contribution in [0, 0.1) is 13.8 Å². The predicted octanol–water partition coefficient (Wildman–Crippen LogP) is 12.3. The number of fused-ring (bicyclic) bond motifs is 2. The number of anilines is 1. The highest BCUT2D eigenvalue weighted by molar-refractivity contribution is 6.34. The minimum absolute atomic E-state index is 0.0282. The molecule has 0 aliphatic carbocycles. The van der Waals surface area contributed by atoms with Gasteiger partial charge in [0.25, 0.3) is 23.6 Å². The average molecular weight is 899 g/mol. The fraction of sp³-hybridized carbons (Fsp3) is 0.0702. The van der Waals surface area contributed by atoms with Crippen molar-refractivity contribution in [3.63, 3.8) is 0 Å². The summed E-state index contributed by atoms with van der Waals surface area (Å²) in [6, 6.07) is 53.7. The second-order valence-electron chi connectivity index (χ2n) is 16.1. The summed E-state index contributed by atoms with van der Waals surface area (Å²) >= 11 is 0. The molecule has 0 atom stereocenters. The number of carbonyl (C=O) groups is 5. The summed E-state index contributed by atoms with van der Waals surface area (Å²) < 4.78 is 22.9. The molecule has 334 valence electrons. The molecule has 68 heavy (non-hydrogen) atoms. The second-order valence-corrected chi connectivity index (χ2v) is 16.1. The van der Waals surface area contributed by atoms with E-state index in [4.69, 9.17) is 18.9 Å². The van der Waals surface area contributed by atoms with Crippen molar-refractivity contribution in [2.75, 3.05) is 19.1 Å². The van der Waals surface area contributed by atoms with E-state index in [1.54, 1.807) is 128 Å². The lowest BCUT2D eigenvalue weighted by Gasteiger charge is -2.15. The number of amides is 4. The highest BCUT2D eigenvalue weighted by Crippen LogP contribution is 2.36. The number of hydrogen-bond acceptors (Lipinski definition) is 9. The molecule has 4 amide bonds. The first-order chi connectivity index (χ1) is 32.9. The lowest BCUT2D eigenvalue weighted by Crippen LogP contribution is -2.29. The second kappa shape index (κ2) is 18.8. The highest BCUT2D eigenvalue weighted by atomic mass is 16.5. The van der Waals surface area contributed by atoms with Gasteiger partial charge < -0.3 is 18.9 Å². The Balaban J connectivity index is 0.000000203. The molecule has 8 aromatic rings. The first kappa shape index (κ1) is 44.1. The Bertz CT molecular complexity index is 3270. The van der Waals surface area contributed by atoms with Crippen LogP contribution in [-0.4, -0.2) is 48.5 Å². The molecule has 2 heterocycles. The van der Waals surface area contributed by atoms with E-state index in [9.17, 15) is 24.0 Å². The van der Waals surface area contributed by atoms with E-state index in [-0.39, 0.29) is 28.7 Å². The molecule has 0 N–H and O–H groups in total. The van der Waals surface area contributed by atoms with Crippen LogP contribution in [-0.2, 0) is 0 Å². The number of ketones is 1. The van der Waals surface area contributed by atoms with Crippen molar-refractivity contribution < 1.29 is 42.9 Å². The molecule has 0 radical (unpaired) electrons. The summed E-state index contributed by atoms with van der Waals surface area (Å²) in [4.78, 5) is 66.4. The first-order valence-electron chi connectivity index (χ1n) is 21.6. The van der Waals surface area contributed by atoms with Gasteiger partial charge in [-0.05, 0) is 152 Å². The zero-order valence-electron chi connectivity index (χ0n) is 37.4. The highest BCUT2D eigenvalue weighted by Gasteiger charge is 2.38. The number of nitrogens with zero attached hydrogens (tertiary/aromatic N) is 2. The quantitative estimate of drug-likeness (QED) is 0.0920. The summed E-state index contributed by atoms with van der Waals surface area (Å²) in [6.07, 6.45) is 0. The Morgan fingerprint density at radius 3 is 1.41 bits per heavy atom. The maximum absolute atomic E-state index is 13.6. The normalized spacial score (nSPS) is 12.5. The maximum Gasteiger partial charge on any atom is 0.266 e. The van der Waals surface area contributed by atoms with Crippen molar-refractivity contribution in [2.45, 2.75) is 13.8 Å². The Hall–Kier alpha value is -9.09. The number of methoxy groups -OCH3 is 1. The van der Waals surface area contributed by atoms with Crippen LogP contribution in [0.4, 0.5) is 5.69 Å². The number of imide groups is 2. The monoisotopic (exact) mass is 898 g/mol. The summed E-state index contributed by atoms with van der Waals surface area (Å²) in [7, 11) is 3.04. The Morgan fingerprint density at radius 1 is 0.397 bits per heavy atom. The molecule has 0 fully saturated rings. The average Bonchev–Trinajstić information content (AvgIpc) is 3.74. The van der Waals surface area contributed by atoms with Crippen LogP contribution >= 0.6 is 0 Å². The van der Waals surface area contributed by atoms with Crippen molar-refractivity contribution >= 4 is 35.1 Å². The van der Waals surface area contributed by atoms with Crippen LogP contribution in [0.25, 0.3) is 11.1 Å². The number of aryl methyl sites for hydroxylation is 2. The van der Waals surface area contributed by atoms with Crippen LogP contribution in [0.15, 0.2) is 182 Å². The van der Waals surface area contributed by atoms with Crippen LogP contribution in [0.2, 0.25) is 0 Å². The van der Waals surface area contributed by atoms with Gasteiger partial charge >= 0.3 is 0 Å². The Labute approximate surface area is 392 Å². The Kier molecular flexibility index (Phi) is 12.2. The minimum Gasteiger partial charge on any atom is -0.497 e. The summed E-state index contributed by atoms with van der Waals surface area (Å²) in [5.41, 5.74) is 6.37. The summed E-state index contributed by atoms with van der Waals surface area (Å²) in [5.74, 6) is 2.82. The van der Waals surface area contributed by atoms with E-state index in [0.29, 0.717) is 67.8 Å². The number of benzene rings is 8. The maximum atomic E-state index is 13.6. The number of ether oxygens (including phenoxy) is 4. The van der Waals surface area contributed by atoms with Gasteiger partial charge in [-0.1, -0.05) is 54.1 Å². The Morgan fingerprint density at radius 2 is 0.838 bits per heavy atom. The van der Waals surface area contributed by atoms with E-state index < -0.39 is 11.8 Å². The van der Waals surface area contributed by atoms with E-state index >= 15 is 0 Å². The van der Waals surface area contributed by atoms with Crippen molar-refractivity contribution in [3.05, 3.63) is 226 Å². The van der Waals surface area contributed by atoms with Crippen LogP contribution < -0.4 is 23.8 Å². The molecule has 10 rings (SSSR count). The molecule has 0 spiro atoms. The van der Waals surface area contributed by atoms with E-state index in [2.05, 4.69) is 0 Å². The zero-order valence-corrected chi connectivity index (χ0v) is 37.4. The molecule has 0 unspecified atom stereocenters. The SMILES string of the molecule is COc1ccc(C(=O)c2ccc(Oc3ccc(C)cc3)cc2)cc1.Cc1cccc(Oc2cccc(Oc3cccc(N4C(=O)c5ccc(-c6ccc7c(c6)C(=O)N(C)C7=O)cc5C4=O)c3)c2)c1. The third-order valence-corrected chi connectivity index (χ3v) is 11.4. The fourth-order valence-electron chi connectivity index (χ4n) is 7.76. The molecule has 2 aliphatic heterocycles. The third kappa shape index (κ3) is 9.22.